The molecule has 0 radical (unpaired) electrons. The van der Waals surface area contributed by atoms with E-state index in [2.05, 4.69) is 21.2 Å². The van der Waals surface area contributed by atoms with Crippen LogP contribution in [-0.2, 0) is 9.59 Å². The van der Waals surface area contributed by atoms with Crippen LogP contribution in [0.15, 0.2) is 22.7 Å². The predicted octanol–water partition coefficient (Wildman–Crippen LogP) is 3.38. The monoisotopic (exact) mass is 371 g/mol. The fraction of sp³-hybridized carbons (Fsp3) is 0.500. The first-order chi connectivity index (χ1) is 10.3. The van der Waals surface area contributed by atoms with Gasteiger partial charge in [-0.15, -0.1) is 0 Å². The largest absolute Gasteiger partial charge is 0.496 e. The van der Waals surface area contributed by atoms with Gasteiger partial charge in [0.2, 0.25) is 5.91 Å². The fourth-order valence-corrected chi connectivity index (χ4v) is 2.59. The highest BCUT2D eigenvalue weighted by molar-refractivity contribution is 9.10. The SMILES string of the molecule is CCC(C)C(C)C(=O)NC(C(=O)O)c1ccc(OC)c(Br)c1. The number of hydrogen-bond donors (Lipinski definition) is 2. The number of carboxylic acid groups (broad SMARTS) is 1. The molecule has 0 aliphatic heterocycles. The van der Waals surface area contributed by atoms with Gasteiger partial charge < -0.3 is 15.2 Å². The molecule has 0 saturated carbocycles. The van der Waals surface area contributed by atoms with E-state index in [0.717, 1.165) is 6.42 Å². The molecule has 6 heteroatoms. The summed E-state index contributed by atoms with van der Waals surface area (Å²) < 4.78 is 5.77. The summed E-state index contributed by atoms with van der Waals surface area (Å²) in [6.45, 7) is 5.79. The van der Waals surface area contributed by atoms with E-state index in [4.69, 9.17) is 4.74 Å². The molecule has 22 heavy (non-hydrogen) atoms. The lowest BCUT2D eigenvalue weighted by atomic mass is 9.92. The van der Waals surface area contributed by atoms with Gasteiger partial charge in [0.05, 0.1) is 11.6 Å². The molecule has 1 aromatic rings. The van der Waals surface area contributed by atoms with Gasteiger partial charge in [0, 0.05) is 5.92 Å². The second-order valence-corrected chi connectivity index (χ2v) is 6.20. The molecule has 1 aromatic carbocycles. The molecule has 5 nitrogen and oxygen atoms in total. The summed E-state index contributed by atoms with van der Waals surface area (Å²) in [6, 6.07) is 3.86. The summed E-state index contributed by atoms with van der Waals surface area (Å²) in [4.78, 5) is 23.7. The lowest BCUT2D eigenvalue weighted by Crippen LogP contribution is -2.38. The molecule has 0 bridgehead atoms. The van der Waals surface area contributed by atoms with E-state index in [-0.39, 0.29) is 17.7 Å². The van der Waals surface area contributed by atoms with Crippen molar-refractivity contribution in [1.29, 1.82) is 0 Å². The molecule has 1 rings (SSSR count). The van der Waals surface area contributed by atoms with Gasteiger partial charge in [0.15, 0.2) is 6.04 Å². The minimum Gasteiger partial charge on any atom is -0.496 e. The van der Waals surface area contributed by atoms with Crippen LogP contribution in [0.25, 0.3) is 0 Å². The third-order valence-electron chi connectivity index (χ3n) is 3.95. The number of amides is 1. The number of nitrogens with one attached hydrogen (secondary N) is 1. The normalized spacial score (nSPS) is 14.8. The first kappa shape index (κ1) is 18.5. The molecule has 0 saturated heterocycles. The van der Waals surface area contributed by atoms with E-state index < -0.39 is 12.0 Å². The molecule has 3 unspecified atom stereocenters. The van der Waals surface area contributed by atoms with Crippen molar-refractivity contribution in [2.24, 2.45) is 11.8 Å². The molecular formula is C16H22BrNO4. The number of methoxy groups -OCH3 is 1. The van der Waals surface area contributed by atoms with E-state index in [1.165, 1.54) is 7.11 Å². The Bertz CT molecular complexity index is 547. The highest BCUT2D eigenvalue weighted by Crippen LogP contribution is 2.28. The average molecular weight is 372 g/mol. The van der Waals surface area contributed by atoms with E-state index in [0.29, 0.717) is 15.8 Å². The summed E-state index contributed by atoms with van der Waals surface area (Å²) in [5.74, 6) is -0.798. The van der Waals surface area contributed by atoms with Crippen molar-refractivity contribution in [2.75, 3.05) is 7.11 Å². The number of carbonyl (C=O) groups is 2. The summed E-state index contributed by atoms with van der Waals surface area (Å²) >= 11 is 3.32. The molecule has 0 aromatic heterocycles. The van der Waals surface area contributed by atoms with Crippen LogP contribution < -0.4 is 10.1 Å². The Kier molecular flexibility index (Phi) is 6.87. The Morgan fingerprint density at radius 1 is 1.36 bits per heavy atom. The molecule has 0 fully saturated rings. The van der Waals surface area contributed by atoms with E-state index in [1.54, 1.807) is 18.2 Å². The van der Waals surface area contributed by atoms with Crippen LogP contribution in [0, 0.1) is 11.8 Å². The van der Waals surface area contributed by atoms with Gasteiger partial charge in [-0.25, -0.2) is 4.79 Å². The van der Waals surface area contributed by atoms with Crippen molar-refractivity contribution in [1.82, 2.24) is 5.32 Å². The van der Waals surface area contributed by atoms with E-state index in [9.17, 15) is 14.7 Å². The maximum absolute atomic E-state index is 12.2. The van der Waals surface area contributed by atoms with Crippen molar-refractivity contribution >= 4 is 27.8 Å². The zero-order chi connectivity index (χ0) is 16.9. The number of benzene rings is 1. The highest BCUT2D eigenvalue weighted by Gasteiger charge is 2.27. The Morgan fingerprint density at radius 3 is 2.45 bits per heavy atom. The lowest BCUT2D eigenvalue weighted by molar-refractivity contribution is -0.142. The minimum absolute atomic E-state index is 0.192. The van der Waals surface area contributed by atoms with E-state index >= 15 is 0 Å². The van der Waals surface area contributed by atoms with Crippen LogP contribution in [0.1, 0.15) is 38.8 Å². The van der Waals surface area contributed by atoms with Gasteiger partial charge in [0.25, 0.3) is 0 Å². The van der Waals surface area contributed by atoms with Crippen LogP contribution in [-0.4, -0.2) is 24.1 Å². The van der Waals surface area contributed by atoms with Crippen molar-refractivity contribution in [3.8, 4) is 5.75 Å². The van der Waals surface area contributed by atoms with Crippen molar-refractivity contribution in [3.05, 3.63) is 28.2 Å². The quantitative estimate of drug-likeness (QED) is 0.770. The number of aliphatic carboxylic acids is 1. The minimum atomic E-state index is -1.10. The molecule has 122 valence electrons. The topological polar surface area (TPSA) is 75.6 Å². The van der Waals surface area contributed by atoms with Crippen LogP contribution in [0.4, 0.5) is 0 Å². The van der Waals surface area contributed by atoms with Crippen molar-refractivity contribution < 1.29 is 19.4 Å². The van der Waals surface area contributed by atoms with Gasteiger partial charge in [-0.05, 0) is 39.5 Å². The maximum Gasteiger partial charge on any atom is 0.330 e. The second kappa shape index (κ2) is 8.17. The number of halogens is 1. The summed E-state index contributed by atoms with van der Waals surface area (Å²) in [7, 11) is 1.53. The third kappa shape index (κ3) is 4.47. The molecule has 1 amide bonds. The zero-order valence-electron chi connectivity index (χ0n) is 13.2. The smallest absolute Gasteiger partial charge is 0.330 e. The number of carbonyl (C=O) groups excluding carboxylic acids is 1. The second-order valence-electron chi connectivity index (χ2n) is 5.35. The standard InChI is InChI=1S/C16H22BrNO4/c1-5-9(2)10(3)15(19)18-14(16(20)21)11-6-7-13(22-4)12(17)8-11/h6-10,14H,5H2,1-4H3,(H,18,19)(H,20,21). The number of carboxylic acids is 1. The molecule has 0 spiro atoms. The lowest BCUT2D eigenvalue weighted by Gasteiger charge is -2.21. The Labute approximate surface area is 139 Å². The fourth-order valence-electron chi connectivity index (χ4n) is 2.04. The zero-order valence-corrected chi connectivity index (χ0v) is 14.8. The molecule has 2 N–H and O–H groups in total. The van der Waals surface area contributed by atoms with Crippen LogP contribution in [0.3, 0.4) is 0 Å². The van der Waals surface area contributed by atoms with Gasteiger partial charge >= 0.3 is 5.97 Å². The van der Waals surface area contributed by atoms with Gasteiger partial charge in [-0.1, -0.05) is 33.3 Å². The Balaban J connectivity index is 2.98. The summed E-state index contributed by atoms with van der Waals surface area (Å²) in [5, 5.41) is 12.0. The average Bonchev–Trinajstić information content (AvgIpc) is 2.50. The molecule has 0 aliphatic carbocycles. The van der Waals surface area contributed by atoms with Crippen LogP contribution >= 0.6 is 15.9 Å². The van der Waals surface area contributed by atoms with Gasteiger partial charge in [-0.3, -0.25) is 4.79 Å². The first-order valence-corrected chi connectivity index (χ1v) is 7.97. The van der Waals surface area contributed by atoms with E-state index in [1.807, 2.05) is 20.8 Å². The van der Waals surface area contributed by atoms with Crippen molar-refractivity contribution in [3.63, 3.8) is 0 Å². The van der Waals surface area contributed by atoms with Gasteiger partial charge in [-0.2, -0.15) is 0 Å². The van der Waals surface area contributed by atoms with Crippen LogP contribution in [0.5, 0.6) is 5.75 Å². The Hall–Kier alpha value is -1.56. The number of hydrogen-bond acceptors (Lipinski definition) is 3. The maximum atomic E-state index is 12.2. The third-order valence-corrected chi connectivity index (χ3v) is 4.57. The first-order valence-electron chi connectivity index (χ1n) is 7.18. The molecule has 0 aliphatic rings. The molecule has 3 atom stereocenters. The molecule has 0 heterocycles. The summed E-state index contributed by atoms with van der Waals surface area (Å²) in [5.41, 5.74) is 0.491. The van der Waals surface area contributed by atoms with Gasteiger partial charge in [0.1, 0.15) is 5.75 Å². The number of rotatable bonds is 7. The Morgan fingerprint density at radius 2 is 2.00 bits per heavy atom. The van der Waals surface area contributed by atoms with Crippen LogP contribution in [0.2, 0.25) is 0 Å². The van der Waals surface area contributed by atoms with Crippen molar-refractivity contribution in [2.45, 2.75) is 33.2 Å². The molecular weight excluding hydrogens is 350 g/mol. The predicted molar refractivity (Wildman–Crippen MR) is 87.8 cm³/mol. The highest BCUT2D eigenvalue weighted by atomic mass is 79.9. The number of ether oxygens (including phenoxy) is 1. The summed E-state index contributed by atoms with van der Waals surface area (Å²) in [6.07, 6.45) is 0.862.